The van der Waals surface area contributed by atoms with Gasteiger partial charge in [-0.1, -0.05) is 17.9 Å². The molecule has 138 valence electrons. The number of rotatable bonds is 6. The van der Waals surface area contributed by atoms with Crippen LogP contribution < -0.4 is 10.6 Å². The number of morpholine rings is 1. The summed E-state index contributed by atoms with van der Waals surface area (Å²) in [6, 6.07) is 3.84. The summed E-state index contributed by atoms with van der Waals surface area (Å²) in [7, 11) is 1.75. The fourth-order valence-corrected chi connectivity index (χ4v) is 3.41. The van der Waals surface area contributed by atoms with Crippen LogP contribution in [0.5, 0.6) is 0 Å². The number of hydrogen-bond donors (Lipinski definition) is 2. The topological polar surface area (TPSA) is 74.7 Å². The molecule has 0 aromatic carbocycles. The zero-order valence-electron chi connectivity index (χ0n) is 15.2. The lowest BCUT2D eigenvalue weighted by atomic mass is 10.2. The van der Waals surface area contributed by atoms with E-state index in [1.54, 1.807) is 13.2 Å². The van der Waals surface area contributed by atoms with E-state index >= 15 is 0 Å². The van der Waals surface area contributed by atoms with E-state index in [1.807, 2.05) is 25.1 Å². The maximum Gasteiger partial charge on any atom is 0.190 e. The molecule has 0 unspecified atom stereocenters. The highest BCUT2D eigenvalue weighted by Gasteiger charge is 2.12. The van der Waals surface area contributed by atoms with Crippen LogP contribution in [0.25, 0.3) is 10.3 Å². The predicted molar refractivity (Wildman–Crippen MR) is 108 cm³/mol. The molecule has 1 aliphatic heterocycles. The first-order valence-electron chi connectivity index (χ1n) is 8.52. The summed E-state index contributed by atoms with van der Waals surface area (Å²) in [6.45, 7) is 10.3. The fourth-order valence-electron chi connectivity index (χ4n) is 2.59. The Morgan fingerprint density at radius 2 is 2.27 bits per heavy atom. The van der Waals surface area contributed by atoms with Crippen LogP contribution in [-0.4, -0.2) is 60.6 Å². The first-order valence-corrected chi connectivity index (χ1v) is 9.34. The molecule has 3 heterocycles. The molecule has 0 spiro atoms. The molecule has 3 rings (SSSR count). The number of ether oxygens (including phenoxy) is 1. The molecular formula is C18H24N6OS. The van der Waals surface area contributed by atoms with Gasteiger partial charge in [0.2, 0.25) is 0 Å². The van der Waals surface area contributed by atoms with Crippen LogP contribution in [-0.2, 0) is 4.74 Å². The van der Waals surface area contributed by atoms with Gasteiger partial charge in [0.05, 0.1) is 19.0 Å². The molecule has 0 atom stereocenters. The molecule has 26 heavy (non-hydrogen) atoms. The van der Waals surface area contributed by atoms with Crippen molar-refractivity contribution in [1.29, 1.82) is 0 Å². The Labute approximate surface area is 157 Å². The van der Waals surface area contributed by atoms with Crippen molar-refractivity contribution in [2.75, 3.05) is 45.2 Å². The monoisotopic (exact) mass is 372 g/mol. The molecule has 2 N–H and O–H groups in total. The largest absolute Gasteiger partial charge is 0.379 e. The Morgan fingerprint density at radius 3 is 3.00 bits per heavy atom. The number of nitrogens with one attached hydrogen (secondary N) is 2. The van der Waals surface area contributed by atoms with Gasteiger partial charge in [0, 0.05) is 32.9 Å². The minimum Gasteiger partial charge on any atom is -0.379 e. The summed E-state index contributed by atoms with van der Waals surface area (Å²) in [5, 5.41) is 7.38. The second kappa shape index (κ2) is 8.88. The Kier molecular flexibility index (Phi) is 6.32. The van der Waals surface area contributed by atoms with Gasteiger partial charge in [0.15, 0.2) is 5.13 Å². The van der Waals surface area contributed by atoms with Crippen LogP contribution in [0, 0.1) is 0 Å². The molecule has 8 heteroatoms. The molecule has 0 bridgehead atoms. The summed E-state index contributed by atoms with van der Waals surface area (Å²) < 4.78 is 5.40. The van der Waals surface area contributed by atoms with Crippen LogP contribution in [0.2, 0.25) is 0 Å². The summed E-state index contributed by atoms with van der Waals surface area (Å²) in [6.07, 6.45) is 3.78. The number of anilines is 1. The standard InChI is InChI=1S/C18H24N6OS/c1-13(12-24-7-9-25-10-8-24)11-16(21-14(2)19-3)23-18-22-15-5-4-6-20-17(15)26-18/h4-6,11H,1,7-10,12H2,2-3H3,(H,19,21)(H,22,23)/b16-11+. The fraction of sp³-hybridized carbons (Fsp3) is 0.389. The predicted octanol–water partition coefficient (Wildman–Crippen LogP) is 2.47. The van der Waals surface area contributed by atoms with Gasteiger partial charge >= 0.3 is 0 Å². The van der Waals surface area contributed by atoms with E-state index in [2.05, 4.69) is 37.1 Å². The molecule has 1 saturated heterocycles. The van der Waals surface area contributed by atoms with E-state index in [9.17, 15) is 0 Å². The van der Waals surface area contributed by atoms with Gasteiger partial charge in [0.1, 0.15) is 16.2 Å². The second-order valence-electron chi connectivity index (χ2n) is 6.01. The van der Waals surface area contributed by atoms with Gasteiger partial charge in [-0.3, -0.25) is 9.89 Å². The number of nitrogens with zero attached hydrogens (tertiary/aromatic N) is 4. The molecule has 7 nitrogen and oxygen atoms in total. The van der Waals surface area contributed by atoms with Crippen LogP contribution >= 0.6 is 11.3 Å². The highest BCUT2D eigenvalue weighted by Crippen LogP contribution is 2.24. The van der Waals surface area contributed by atoms with Crippen LogP contribution in [0.15, 0.2) is 47.4 Å². The van der Waals surface area contributed by atoms with Crippen molar-refractivity contribution < 1.29 is 4.74 Å². The molecule has 0 radical (unpaired) electrons. The van der Waals surface area contributed by atoms with Gasteiger partial charge in [-0.05, 0) is 30.7 Å². The number of amidine groups is 1. The molecule has 2 aromatic rings. The third-order valence-electron chi connectivity index (χ3n) is 3.94. The summed E-state index contributed by atoms with van der Waals surface area (Å²) >= 11 is 1.51. The second-order valence-corrected chi connectivity index (χ2v) is 6.99. The molecule has 0 aliphatic carbocycles. The van der Waals surface area contributed by atoms with E-state index in [4.69, 9.17) is 4.74 Å². The lowest BCUT2D eigenvalue weighted by Gasteiger charge is -2.26. The average molecular weight is 372 g/mol. The third kappa shape index (κ3) is 5.10. The number of aliphatic imine (C=N–C) groups is 1. The van der Waals surface area contributed by atoms with E-state index in [-0.39, 0.29) is 0 Å². The smallest absolute Gasteiger partial charge is 0.190 e. The highest BCUT2D eigenvalue weighted by atomic mass is 32.1. The van der Waals surface area contributed by atoms with E-state index in [0.717, 1.165) is 65.6 Å². The zero-order chi connectivity index (χ0) is 18.4. The van der Waals surface area contributed by atoms with Crippen molar-refractivity contribution in [1.82, 2.24) is 20.2 Å². The van der Waals surface area contributed by atoms with Gasteiger partial charge in [0.25, 0.3) is 0 Å². The minimum absolute atomic E-state index is 0.778. The van der Waals surface area contributed by atoms with Crippen molar-refractivity contribution in [3.8, 4) is 0 Å². The summed E-state index contributed by atoms with van der Waals surface area (Å²) in [5.41, 5.74) is 1.89. The number of thiazole rings is 1. The Hall–Kier alpha value is -2.29. The number of aromatic nitrogens is 2. The lowest BCUT2D eigenvalue weighted by molar-refractivity contribution is 0.0426. The third-order valence-corrected chi connectivity index (χ3v) is 4.83. The first kappa shape index (κ1) is 18.5. The average Bonchev–Trinajstić information content (AvgIpc) is 3.04. The van der Waals surface area contributed by atoms with Crippen molar-refractivity contribution in [2.24, 2.45) is 4.99 Å². The zero-order valence-corrected chi connectivity index (χ0v) is 16.0. The van der Waals surface area contributed by atoms with E-state index < -0.39 is 0 Å². The molecule has 1 aliphatic rings. The number of pyridine rings is 1. The van der Waals surface area contributed by atoms with E-state index in [0.29, 0.717) is 0 Å². The SMILES string of the molecule is C=C(/C=C(\NC(C)=NC)Nc1nc2cccnc2s1)CN1CCOCC1. The molecular weight excluding hydrogens is 348 g/mol. The van der Waals surface area contributed by atoms with Crippen molar-refractivity contribution in [3.05, 3.63) is 42.4 Å². The maximum atomic E-state index is 5.40. The summed E-state index contributed by atoms with van der Waals surface area (Å²) in [5.74, 6) is 1.60. The number of hydrogen-bond acceptors (Lipinski definition) is 7. The quantitative estimate of drug-likeness (QED) is 0.461. The maximum absolute atomic E-state index is 5.40. The van der Waals surface area contributed by atoms with E-state index in [1.165, 1.54) is 11.3 Å². The van der Waals surface area contributed by atoms with Gasteiger partial charge in [-0.15, -0.1) is 0 Å². The van der Waals surface area contributed by atoms with Crippen LogP contribution in [0.1, 0.15) is 6.92 Å². The minimum atomic E-state index is 0.778. The molecule has 0 saturated carbocycles. The lowest BCUT2D eigenvalue weighted by Crippen LogP contribution is -2.37. The van der Waals surface area contributed by atoms with Crippen molar-refractivity contribution in [3.63, 3.8) is 0 Å². The van der Waals surface area contributed by atoms with Gasteiger partial charge in [-0.2, -0.15) is 0 Å². The van der Waals surface area contributed by atoms with Crippen molar-refractivity contribution >= 4 is 32.7 Å². The highest BCUT2D eigenvalue weighted by molar-refractivity contribution is 7.21. The molecule has 2 aromatic heterocycles. The van der Waals surface area contributed by atoms with Crippen molar-refractivity contribution in [2.45, 2.75) is 6.92 Å². The Morgan fingerprint density at radius 1 is 1.46 bits per heavy atom. The Balaban J connectivity index is 1.73. The normalized spacial score (nSPS) is 16.7. The van der Waals surface area contributed by atoms with Gasteiger partial charge < -0.3 is 15.4 Å². The molecule has 0 amide bonds. The number of fused-ring (bicyclic) bond motifs is 1. The summed E-state index contributed by atoms with van der Waals surface area (Å²) in [4.78, 5) is 16.3. The molecule has 1 fully saturated rings. The Bertz CT molecular complexity index is 789. The van der Waals surface area contributed by atoms with Gasteiger partial charge in [-0.25, -0.2) is 9.97 Å². The first-order chi connectivity index (χ1) is 12.6. The van der Waals surface area contributed by atoms with Crippen LogP contribution in [0.4, 0.5) is 5.13 Å². The van der Waals surface area contributed by atoms with Crippen LogP contribution in [0.3, 0.4) is 0 Å².